The molecule has 3 aromatic rings. The lowest BCUT2D eigenvalue weighted by atomic mass is 10.1. The largest absolute Gasteiger partial charge is 0.495 e. The molecule has 0 unspecified atom stereocenters. The number of aliphatic hydroxyl groups excluding tert-OH is 1. The van der Waals surface area contributed by atoms with Gasteiger partial charge in [-0.05, 0) is 31.2 Å². The first-order valence-electron chi connectivity index (χ1n) is 11.6. The molecule has 35 heavy (non-hydrogen) atoms. The highest BCUT2D eigenvalue weighted by atomic mass is 35.5. The second-order valence-corrected chi connectivity index (χ2v) is 8.85. The Kier molecular flexibility index (Phi) is 7.73. The van der Waals surface area contributed by atoms with Gasteiger partial charge >= 0.3 is 0 Å². The number of aryl methyl sites for hydroxylation is 1. The topological polar surface area (TPSA) is 87.9 Å². The highest BCUT2D eigenvalue weighted by molar-refractivity contribution is 6.30. The van der Waals surface area contributed by atoms with Crippen LogP contribution in [0.4, 0.5) is 5.69 Å². The minimum Gasteiger partial charge on any atom is -0.495 e. The van der Waals surface area contributed by atoms with E-state index in [9.17, 15) is 14.7 Å². The number of amides is 1. The zero-order chi connectivity index (χ0) is 24.9. The number of piperazine rings is 1. The average molecular weight is 497 g/mol. The molecule has 1 aliphatic rings. The van der Waals surface area contributed by atoms with Gasteiger partial charge in [-0.2, -0.15) is 0 Å². The number of rotatable bonds is 7. The summed E-state index contributed by atoms with van der Waals surface area (Å²) in [6, 6.07) is 14.9. The summed E-state index contributed by atoms with van der Waals surface area (Å²) in [6.45, 7) is 3.80. The van der Waals surface area contributed by atoms with Gasteiger partial charge in [0, 0.05) is 61.1 Å². The van der Waals surface area contributed by atoms with Crippen molar-refractivity contribution >= 4 is 23.2 Å². The molecule has 0 bridgehead atoms. The maximum absolute atomic E-state index is 13.4. The molecule has 1 aromatic heterocycles. The smallest absolute Gasteiger partial charge is 0.257 e. The minimum absolute atomic E-state index is 0.138. The summed E-state index contributed by atoms with van der Waals surface area (Å²) >= 11 is 6.18. The molecular weight excluding hydrogens is 468 g/mol. The van der Waals surface area contributed by atoms with Crippen LogP contribution < -0.4 is 15.2 Å². The van der Waals surface area contributed by atoms with Crippen molar-refractivity contribution in [3.05, 3.63) is 75.2 Å². The fourth-order valence-electron chi connectivity index (χ4n) is 4.42. The van der Waals surface area contributed by atoms with E-state index in [1.807, 2.05) is 30.3 Å². The lowest BCUT2D eigenvalue weighted by Crippen LogP contribution is -2.50. The molecule has 1 N–H and O–H groups in total. The van der Waals surface area contributed by atoms with Gasteiger partial charge in [-0.3, -0.25) is 14.2 Å². The first-order valence-corrected chi connectivity index (χ1v) is 11.9. The van der Waals surface area contributed by atoms with Crippen LogP contribution in [0.2, 0.25) is 5.02 Å². The van der Waals surface area contributed by atoms with Crippen LogP contribution in [-0.4, -0.2) is 65.4 Å². The maximum atomic E-state index is 13.4. The number of anilines is 1. The number of carbonyl (C=O) groups excluding carboxylic acids is 1. The van der Waals surface area contributed by atoms with Gasteiger partial charge in [0.15, 0.2) is 0 Å². The van der Waals surface area contributed by atoms with Crippen molar-refractivity contribution in [3.8, 4) is 17.1 Å². The van der Waals surface area contributed by atoms with Crippen LogP contribution in [0.15, 0.2) is 53.3 Å². The van der Waals surface area contributed by atoms with Gasteiger partial charge in [0.1, 0.15) is 18.1 Å². The van der Waals surface area contributed by atoms with E-state index in [4.69, 9.17) is 16.3 Å². The molecule has 0 aliphatic carbocycles. The van der Waals surface area contributed by atoms with Crippen LogP contribution in [0.25, 0.3) is 11.4 Å². The summed E-state index contributed by atoms with van der Waals surface area (Å²) in [7, 11) is 1.65. The molecule has 8 nitrogen and oxygen atoms in total. The third-order valence-electron chi connectivity index (χ3n) is 6.27. The summed E-state index contributed by atoms with van der Waals surface area (Å²) in [6.07, 6.45) is 0.180. The third-order valence-corrected chi connectivity index (χ3v) is 6.50. The second kappa shape index (κ2) is 10.9. The Morgan fingerprint density at radius 3 is 2.54 bits per heavy atom. The number of para-hydroxylation sites is 2. The quantitative estimate of drug-likeness (QED) is 0.541. The van der Waals surface area contributed by atoms with Crippen molar-refractivity contribution in [2.24, 2.45) is 0 Å². The van der Waals surface area contributed by atoms with Gasteiger partial charge in [0.25, 0.3) is 5.56 Å². The number of carbonyl (C=O) groups is 1. The Bertz CT molecular complexity index is 1270. The van der Waals surface area contributed by atoms with E-state index in [0.717, 1.165) is 11.4 Å². The van der Waals surface area contributed by atoms with E-state index in [0.29, 0.717) is 53.8 Å². The van der Waals surface area contributed by atoms with Crippen LogP contribution in [0, 0.1) is 6.92 Å². The van der Waals surface area contributed by atoms with Crippen molar-refractivity contribution < 1.29 is 14.6 Å². The number of halogens is 1. The van der Waals surface area contributed by atoms with Crippen LogP contribution in [0.1, 0.15) is 11.3 Å². The van der Waals surface area contributed by atoms with Crippen LogP contribution in [0.5, 0.6) is 5.75 Å². The van der Waals surface area contributed by atoms with E-state index in [2.05, 4.69) is 9.88 Å². The fourth-order valence-corrected chi connectivity index (χ4v) is 4.61. The molecule has 0 radical (unpaired) electrons. The summed E-state index contributed by atoms with van der Waals surface area (Å²) in [5.41, 5.74) is 2.28. The summed E-state index contributed by atoms with van der Waals surface area (Å²) in [4.78, 5) is 35.3. The predicted octanol–water partition coefficient (Wildman–Crippen LogP) is 2.76. The summed E-state index contributed by atoms with van der Waals surface area (Å²) < 4.78 is 6.88. The fraction of sp³-hybridized carbons (Fsp3) is 0.346. The lowest BCUT2D eigenvalue weighted by molar-refractivity contribution is -0.132. The first-order chi connectivity index (χ1) is 16.9. The third kappa shape index (κ3) is 5.33. The molecule has 0 spiro atoms. The molecule has 1 amide bonds. The van der Waals surface area contributed by atoms with Crippen molar-refractivity contribution in [2.45, 2.75) is 19.9 Å². The second-order valence-electron chi connectivity index (χ2n) is 8.41. The van der Waals surface area contributed by atoms with Crippen molar-refractivity contribution in [2.75, 3.05) is 44.8 Å². The lowest BCUT2D eigenvalue weighted by Gasteiger charge is -2.36. The average Bonchev–Trinajstić information content (AvgIpc) is 2.88. The number of aromatic nitrogens is 2. The minimum atomic E-state index is -0.317. The van der Waals surface area contributed by atoms with Gasteiger partial charge < -0.3 is 19.6 Å². The number of ether oxygens (including phenoxy) is 1. The zero-order valence-electron chi connectivity index (χ0n) is 19.9. The number of hydrogen-bond acceptors (Lipinski definition) is 6. The molecule has 2 aromatic carbocycles. The first kappa shape index (κ1) is 24.8. The highest BCUT2D eigenvalue weighted by Gasteiger charge is 2.25. The van der Waals surface area contributed by atoms with Crippen molar-refractivity contribution in [1.29, 1.82) is 0 Å². The Morgan fingerprint density at radius 2 is 1.86 bits per heavy atom. The molecule has 1 aliphatic heterocycles. The van der Waals surface area contributed by atoms with E-state index >= 15 is 0 Å². The standard InChI is InChI=1S/C26H29ClN4O4/c1-18-21(10-15-32)26(34)31(25(28-18)19-6-5-7-20(27)16-19)17-24(33)30-13-11-29(12-14-30)22-8-3-4-9-23(22)35-2/h3-9,16,32H,10-15,17H2,1-2H3. The Morgan fingerprint density at radius 1 is 1.11 bits per heavy atom. The molecule has 4 rings (SSSR count). The van der Waals surface area contributed by atoms with Crippen LogP contribution in [-0.2, 0) is 17.8 Å². The SMILES string of the molecule is COc1ccccc1N1CCN(C(=O)Cn2c(-c3cccc(Cl)c3)nc(C)c(CCO)c2=O)CC1. The summed E-state index contributed by atoms with van der Waals surface area (Å²) in [5.74, 6) is 1.03. The molecule has 0 atom stereocenters. The van der Waals surface area contributed by atoms with E-state index < -0.39 is 0 Å². The van der Waals surface area contributed by atoms with Gasteiger partial charge in [-0.15, -0.1) is 0 Å². The molecular formula is C26H29ClN4O4. The number of benzene rings is 2. The number of hydrogen-bond donors (Lipinski definition) is 1. The molecule has 2 heterocycles. The van der Waals surface area contributed by atoms with Crippen LogP contribution >= 0.6 is 11.6 Å². The van der Waals surface area contributed by atoms with Crippen molar-refractivity contribution in [1.82, 2.24) is 14.5 Å². The van der Waals surface area contributed by atoms with E-state index in [-0.39, 0.29) is 31.0 Å². The Labute approximate surface area is 209 Å². The Balaban J connectivity index is 1.58. The van der Waals surface area contributed by atoms with Gasteiger partial charge in [0.2, 0.25) is 5.91 Å². The van der Waals surface area contributed by atoms with Gasteiger partial charge in [-0.25, -0.2) is 4.98 Å². The zero-order valence-corrected chi connectivity index (χ0v) is 20.7. The molecule has 1 saturated heterocycles. The van der Waals surface area contributed by atoms with Crippen LogP contribution in [0.3, 0.4) is 0 Å². The molecule has 1 fully saturated rings. The van der Waals surface area contributed by atoms with Gasteiger partial charge in [-0.1, -0.05) is 35.9 Å². The van der Waals surface area contributed by atoms with E-state index in [1.165, 1.54) is 4.57 Å². The van der Waals surface area contributed by atoms with Crippen molar-refractivity contribution in [3.63, 3.8) is 0 Å². The maximum Gasteiger partial charge on any atom is 0.257 e. The molecule has 0 saturated carbocycles. The number of nitrogens with zero attached hydrogens (tertiary/aromatic N) is 4. The number of methoxy groups -OCH3 is 1. The molecule has 184 valence electrons. The monoisotopic (exact) mass is 496 g/mol. The molecule has 9 heteroatoms. The Hall–Kier alpha value is -3.36. The highest BCUT2D eigenvalue weighted by Crippen LogP contribution is 2.28. The van der Waals surface area contributed by atoms with E-state index in [1.54, 1.807) is 37.1 Å². The number of aliphatic hydroxyl groups is 1. The summed E-state index contributed by atoms with van der Waals surface area (Å²) in [5, 5.41) is 9.96. The normalized spacial score (nSPS) is 13.7. The van der Waals surface area contributed by atoms with Gasteiger partial charge in [0.05, 0.1) is 12.8 Å². The predicted molar refractivity (Wildman–Crippen MR) is 136 cm³/mol.